The number of halogens is 1. The van der Waals surface area contributed by atoms with Crippen LogP contribution in [0.15, 0.2) is 72.8 Å². The summed E-state index contributed by atoms with van der Waals surface area (Å²) in [5.41, 5.74) is 0.469. The second-order valence-corrected chi connectivity index (χ2v) is 11.9. The van der Waals surface area contributed by atoms with Crippen molar-refractivity contribution in [1.82, 2.24) is 10.2 Å². The Balaban J connectivity index is 1.44. The number of nitrogens with zero attached hydrogens (tertiary/aromatic N) is 2. The first-order chi connectivity index (χ1) is 21.3. The second-order valence-electron chi connectivity index (χ2n) is 11.5. The number of aryl methyl sites for hydroxylation is 1. The van der Waals surface area contributed by atoms with Gasteiger partial charge in [-0.15, -0.1) is 0 Å². The lowest BCUT2D eigenvalue weighted by molar-refractivity contribution is -0.159. The molecule has 44 heavy (non-hydrogen) atoms. The van der Waals surface area contributed by atoms with Gasteiger partial charge < -0.3 is 29.7 Å². The zero-order valence-electron chi connectivity index (χ0n) is 24.2. The summed E-state index contributed by atoms with van der Waals surface area (Å²) in [5, 5.41) is 13.2. The molecule has 0 aromatic heterocycles. The molecule has 0 saturated carbocycles. The number of nitrogens with one attached hydrogen (secondary N) is 1. The number of allylic oxidation sites excluding steroid dienone is 1. The van der Waals surface area contributed by atoms with Crippen molar-refractivity contribution in [1.29, 1.82) is 0 Å². The van der Waals surface area contributed by atoms with Crippen molar-refractivity contribution in [3.05, 3.63) is 89.0 Å². The summed E-state index contributed by atoms with van der Waals surface area (Å²) in [6.07, 6.45) is 6.03. The normalized spacial score (nSPS) is 31.2. The van der Waals surface area contributed by atoms with Crippen LogP contribution < -0.4 is 10.2 Å². The molecule has 6 atom stereocenters. The lowest BCUT2D eigenvalue weighted by atomic mass is 9.74. The first kappa shape index (κ1) is 30.1. The highest BCUT2D eigenvalue weighted by atomic mass is 35.5. The van der Waals surface area contributed by atoms with Crippen LogP contribution in [-0.4, -0.2) is 77.7 Å². The predicted octanol–water partition coefficient (Wildman–Crippen LogP) is 2.88. The summed E-state index contributed by atoms with van der Waals surface area (Å²) in [7, 11) is 0. The molecule has 3 amide bonds. The number of fused-ring (bicyclic) bond motifs is 2. The predicted molar refractivity (Wildman–Crippen MR) is 162 cm³/mol. The van der Waals surface area contributed by atoms with Crippen molar-refractivity contribution in [3.63, 3.8) is 0 Å². The number of cyclic esters (lactones) is 1. The Labute approximate surface area is 260 Å². The number of rotatable bonds is 4. The molecule has 0 radical (unpaired) electrons. The van der Waals surface area contributed by atoms with E-state index in [1.54, 1.807) is 42.5 Å². The third-order valence-corrected chi connectivity index (χ3v) is 9.16. The van der Waals surface area contributed by atoms with E-state index in [9.17, 15) is 24.3 Å². The van der Waals surface area contributed by atoms with Gasteiger partial charge in [0.15, 0.2) is 0 Å². The fourth-order valence-corrected chi connectivity index (χ4v) is 7.21. The minimum absolute atomic E-state index is 0.0491. The third kappa shape index (κ3) is 5.10. The summed E-state index contributed by atoms with van der Waals surface area (Å²) in [6.45, 7) is 1.48. The van der Waals surface area contributed by atoms with Crippen molar-refractivity contribution < 1.29 is 33.8 Å². The summed E-state index contributed by atoms with van der Waals surface area (Å²) < 4.78 is 12.4. The van der Waals surface area contributed by atoms with Gasteiger partial charge in [-0.05, 0) is 30.5 Å². The molecule has 4 aliphatic heterocycles. The number of para-hydroxylation sites is 1. The molecule has 0 unspecified atom stereocenters. The topological polar surface area (TPSA) is 125 Å². The number of hydrogen-bond acceptors (Lipinski definition) is 7. The number of benzene rings is 2. The molecule has 5 bridgehead atoms. The fraction of sp³-hybridized carbons (Fsp3) is 0.394. The van der Waals surface area contributed by atoms with Crippen LogP contribution in [0.5, 0.6) is 0 Å². The first-order valence-electron chi connectivity index (χ1n) is 14.8. The van der Waals surface area contributed by atoms with Crippen LogP contribution in [0.4, 0.5) is 5.69 Å². The summed E-state index contributed by atoms with van der Waals surface area (Å²) >= 11 is 6.65. The van der Waals surface area contributed by atoms with E-state index in [-0.39, 0.29) is 38.6 Å². The average molecular weight is 620 g/mol. The molecule has 1 spiro atoms. The minimum atomic E-state index is -1.45. The van der Waals surface area contributed by atoms with Gasteiger partial charge in [-0.2, -0.15) is 0 Å². The number of anilines is 1. The zero-order valence-corrected chi connectivity index (χ0v) is 25.0. The fourth-order valence-electron chi connectivity index (χ4n) is 6.89. The van der Waals surface area contributed by atoms with Crippen LogP contribution >= 0.6 is 11.6 Å². The number of aliphatic hydroxyl groups is 1. The Bertz CT molecular complexity index is 1510. The van der Waals surface area contributed by atoms with Gasteiger partial charge in [-0.25, -0.2) is 0 Å². The lowest BCUT2D eigenvalue weighted by Crippen LogP contribution is -2.56. The zero-order chi connectivity index (χ0) is 31.0. The summed E-state index contributed by atoms with van der Waals surface area (Å²) in [6, 6.07) is 13.2. The van der Waals surface area contributed by atoms with Crippen molar-refractivity contribution in [3.8, 4) is 0 Å². The van der Waals surface area contributed by atoms with Crippen LogP contribution in [0.3, 0.4) is 0 Å². The maximum absolute atomic E-state index is 14.7. The number of β-amino-alcohol motifs (C(OH)–C–C–N with tert-alkyl or cyclic N) is 1. The quantitative estimate of drug-likeness (QED) is 0.398. The second kappa shape index (κ2) is 12.2. The van der Waals surface area contributed by atoms with E-state index in [4.69, 9.17) is 21.1 Å². The molecule has 4 heterocycles. The Hall–Kier alpha value is -3.99. The molecular formula is C33H34ClN3O7. The number of esters is 1. The van der Waals surface area contributed by atoms with E-state index < -0.39 is 53.5 Å². The smallest absolute Gasteiger partial charge is 0.313 e. The number of hydrogen-bond donors (Lipinski definition) is 2. The van der Waals surface area contributed by atoms with E-state index in [1.807, 2.05) is 37.3 Å². The Morgan fingerprint density at radius 3 is 2.59 bits per heavy atom. The van der Waals surface area contributed by atoms with Gasteiger partial charge >= 0.3 is 5.97 Å². The standard InChI is InChI=1S/C33H34ClN3O7/c1-20-9-8-12-22(34)28(20)36-16-7-3-6-13-25(39)35-19-24(21-10-4-2-5-11-21)43-32(42)26-23-14-15-33(44-23)27(26)30(40)37(17-18-38)29(33)31(36)41/h2-5,7-12,14-15,23-24,26-27,29,38H,6,13,16-19H2,1H3,(H,35,39)/b7-3-/t23-,24-,26+,27+,29-,33+/m0/s1. The SMILES string of the molecule is Cc1cccc(Cl)c1N1C/C=C\CCC(=O)NC[C@@H](c2ccccc2)OC(=O)[C@@H]2[C@@H]3C=C[C@]4(O3)[C@H](C1=O)N(CCO)C(=O)[C@@H]24. The highest BCUT2D eigenvalue weighted by Crippen LogP contribution is 2.56. The van der Waals surface area contributed by atoms with Gasteiger partial charge in [0.2, 0.25) is 11.8 Å². The first-order valence-corrected chi connectivity index (χ1v) is 15.2. The van der Waals surface area contributed by atoms with Gasteiger partial charge in [-0.1, -0.05) is 78.4 Å². The number of carbonyl (C=O) groups is 4. The van der Waals surface area contributed by atoms with E-state index in [0.29, 0.717) is 22.7 Å². The third-order valence-electron chi connectivity index (χ3n) is 8.85. The van der Waals surface area contributed by atoms with Crippen LogP contribution in [0.25, 0.3) is 0 Å². The number of likely N-dealkylation sites (tertiary alicyclic amines) is 1. The molecule has 11 heteroatoms. The van der Waals surface area contributed by atoms with Crippen LogP contribution in [0.1, 0.15) is 30.1 Å². The van der Waals surface area contributed by atoms with Crippen molar-refractivity contribution in [2.24, 2.45) is 11.8 Å². The van der Waals surface area contributed by atoms with Crippen molar-refractivity contribution >= 4 is 41.0 Å². The molecule has 4 aliphatic rings. The molecule has 2 fully saturated rings. The molecule has 230 valence electrons. The van der Waals surface area contributed by atoms with E-state index in [1.165, 1.54) is 9.80 Å². The van der Waals surface area contributed by atoms with Crippen LogP contribution in [-0.2, 0) is 28.7 Å². The van der Waals surface area contributed by atoms with E-state index >= 15 is 0 Å². The van der Waals surface area contributed by atoms with Crippen molar-refractivity contribution in [2.75, 3.05) is 31.1 Å². The maximum Gasteiger partial charge on any atom is 0.313 e. The van der Waals surface area contributed by atoms with Gasteiger partial charge in [0.05, 0.1) is 35.9 Å². The molecule has 2 aromatic carbocycles. The largest absolute Gasteiger partial charge is 0.455 e. The minimum Gasteiger partial charge on any atom is -0.455 e. The van der Waals surface area contributed by atoms with E-state index in [0.717, 1.165) is 5.56 Å². The van der Waals surface area contributed by atoms with Crippen LogP contribution in [0, 0.1) is 18.8 Å². The number of ether oxygens (including phenoxy) is 2. The molecular weight excluding hydrogens is 586 g/mol. The molecule has 2 aromatic rings. The molecule has 10 nitrogen and oxygen atoms in total. The lowest BCUT2D eigenvalue weighted by Gasteiger charge is -2.36. The monoisotopic (exact) mass is 619 g/mol. The average Bonchev–Trinajstić information content (AvgIpc) is 3.65. The van der Waals surface area contributed by atoms with Gasteiger partial charge in [0, 0.05) is 19.5 Å². The highest BCUT2D eigenvalue weighted by molar-refractivity contribution is 6.34. The van der Waals surface area contributed by atoms with Gasteiger partial charge in [-0.3, -0.25) is 19.2 Å². The number of aliphatic hydroxyl groups excluding tert-OH is 1. The summed E-state index contributed by atoms with van der Waals surface area (Å²) in [4.78, 5) is 58.3. The Kier molecular flexibility index (Phi) is 8.32. The highest BCUT2D eigenvalue weighted by Gasteiger charge is 2.73. The van der Waals surface area contributed by atoms with Gasteiger partial charge in [0.25, 0.3) is 5.91 Å². The molecule has 6 rings (SSSR count). The van der Waals surface area contributed by atoms with Crippen LogP contribution in [0.2, 0.25) is 5.02 Å². The Morgan fingerprint density at radius 2 is 1.84 bits per heavy atom. The molecule has 2 saturated heterocycles. The maximum atomic E-state index is 14.7. The van der Waals surface area contributed by atoms with E-state index in [2.05, 4.69) is 5.32 Å². The van der Waals surface area contributed by atoms with Crippen molar-refractivity contribution in [2.45, 2.75) is 43.6 Å². The molecule has 2 N–H and O–H groups in total. The Morgan fingerprint density at radius 1 is 1.05 bits per heavy atom. The number of amides is 3. The van der Waals surface area contributed by atoms with Gasteiger partial charge in [0.1, 0.15) is 23.7 Å². The number of carbonyl (C=O) groups excluding carboxylic acids is 4. The summed E-state index contributed by atoms with van der Waals surface area (Å²) in [5.74, 6) is -3.88. The molecule has 0 aliphatic carbocycles.